The normalized spacial score (nSPS) is 14.0. The molecular weight excluding hydrogens is 432 g/mol. The molecule has 3 heterocycles. The number of nitrogens with zero attached hydrogens (tertiary/aromatic N) is 3. The number of fused-ring (bicyclic) bond motifs is 1. The summed E-state index contributed by atoms with van der Waals surface area (Å²) in [5.74, 6) is 0.782. The molecule has 0 amide bonds. The monoisotopic (exact) mass is 450 g/mol. The van der Waals surface area contributed by atoms with Crippen molar-refractivity contribution >= 4 is 38.2 Å². The zero-order chi connectivity index (χ0) is 19.8. The number of methoxy groups -OCH3 is 1. The zero-order valence-electron chi connectivity index (χ0n) is 15.8. The van der Waals surface area contributed by atoms with Crippen molar-refractivity contribution in [3.05, 3.63) is 65.5 Å². The van der Waals surface area contributed by atoms with Gasteiger partial charge < -0.3 is 14.8 Å². The molecule has 1 N–H and O–H groups in total. The van der Waals surface area contributed by atoms with Gasteiger partial charge in [0.05, 0.1) is 38.1 Å². The molecule has 0 unspecified atom stereocenters. The fraction of sp³-hybridized carbons (Fsp3) is 0.182. The number of rotatable bonds is 5. The maximum Gasteiger partial charge on any atom is 0.121 e. The van der Waals surface area contributed by atoms with Crippen molar-refractivity contribution in [3.8, 4) is 16.9 Å². The molecular formula is C22H19BrN4O2. The third-order valence-corrected chi connectivity index (χ3v) is 5.55. The van der Waals surface area contributed by atoms with E-state index in [4.69, 9.17) is 9.47 Å². The first-order valence-electron chi connectivity index (χ1n) is 9.32. The summed E-state index contributed by atoms with van der Waals surface area (Å²) in [5.41, 5.74) is 4.94. The first kappa shape index (κ1) is 18.1. The number of anilines is 2. The number of halogens is 1. The van der Waals surface area contributed by atoms with E-state index in [1.165, 1.54) is 0 Å². The summed E-state index contributed by atoms with van der Waals surface area (Å²) in [5, 5.41) is 9.06. The third-order valence-electron chi connectivity index (χ3n) is 5.05. The predicted octanol–water partition coefficient (Wildman–Crippen LogP) is 5.18. The van der Waals surface area contributed by atoms with Crippen LogP contribution in [0.15, 0.2) is 65.5 Å². The number of pyridine rings is 1. The highest BCUT2D eigenvalue weighted by Gasteiger charge is 2.21. The fourth-order valence-electron chi connectivity index (χ4n) is 3.40. The Bertz CT molecular complexity index is 1190. The van der Waals surface area contributed by atoms with Crippen molar-refractivity contribution in [2.45, 2.75) is 6.04 Å². The minimum absolute atomic E-state index is 0.327. The van der Waals surface area contributed by atoms with Crippen molar-refractivity contribution in [1.82, 2.24) is 14.8 Å². The second-order valence-corrected chi connectivity index (χ2v) is 7.91. The maximum atomic E-state index is 5.54. The molecule has 1 saturated heterocycles. The number of nitrogens with one attached hydrogen (secondary N) is 1. The van der Waals surface area contributed by atoms with Gasteiger partial charge in [-0.05, 0) is 42.0 Å². The molecule has 5 rings (SSSR count). The van der Waals surface area contributed by atoms with E-state index in [1.54, 1.807) is 7.11 Å². The lowest BCUT2D eigenvalue weighted by molar-refractivity contribution is -0.0286. The summed E-state index contributed by atoms with van der Waals surface area (Å²) in [4.78, 5) is 4.45. The minimum Gasteiger partial charge on any atom is -0.497 e. The number of aromatic nitrogens is 3. The Balaban J connectivity index is 1.52. The van der Waals surface area contributed by atoms with E-state index in [0.717, 1.165) is 56.8 Å². The smallest absolute Gasteiger partial charge is 0.121 e. The summed E-state index contributed by atoms with van der Waals surface area (Å²) in [6.07, 6.45) is 5.75. The van der Waals surface area contributed by atoms with Gasteiger partial charge in [-0.3, -0.25) is 9.67 Å². The molecule has 0 spiro atoms. The highest BCUT2D eigenvalue weighted by molar-refractivity contribution is 9.10. The van der Waals surface area contributed by atoms with Crippen molar-refractivity contribution in [2.24, 2.45) is 0 Å². The van der Waals surface area contributed by atoms with Gasteiger partial charge in [0.2, 0.25) is 0 Å². The topological polar surface area (TPSA) is 61.2 Å². The Morgan fingerprint density at radius 3 is 2.83 bits per heavy atom. The van der Waals surface area contributed by atoms with Crippen LogP contribution in [0.4, 0.5) is 11.4 Å². The SMILES string of the molecule is COc1cc(Nc2ccnc3ccc(Br)cc23)cc(-c2cnn(C3COC3)c2)c1. The molecule has 0 aliphatic carbocycles. The average molecular weight is 451 g/mol. The maximum absolute atomic E-state index is 5.54. The van der Waals surface area contributed by atoms with Crippen molar-refractivity contribution in [2.75, 3.05) is 25.6 Å². The lowest BCUT2D eigenvalue weighted by Crippen LogP contribution is -2.30. The summed E-state index contributed by atoms with van der Waals surface area (Å²) >= 11 is 3.55. The first-order chi connectivity index (χ1) is 14.2. The van der Waals surface area contributed by atoms with Crippen LogP contribution in [0.2, 0.25) is 0 Å². The van der Waals surface area contributed by atoms with Gasteiger partial charge in [-0.15, -0.1) is 0 Å². The molecule has 0 atom stereocenters. The largest absolute Gasteiger partial charge is 0.497 e. The molecule has 29 heavy (non-hydrogen) atoms. The molecule has 1 aliphatic heterocycles. The Kier molecular flexibility index (Phi) is 4.69. The van der Waals surface area contributed by atoms with Crippen LogP contribution in [0.25, 0.3) is 22.0 Å². The van der Waals surface area contributed by atoms with Gasteiger partial charge in [0.15, 0.2) is 0 Å². The molecule has 2 aromatic heterocycles. The molecule has 6 nitrogen and oxygen atoms in total. The zero-order valence-corrected chi connectivity index (χ0v) is 17.4. The number of hydrogen-bond acceptors (Lipinski definition) is 5. The van der Waals surface area contributed by atoms with E-state index < -0.39 is 0 Å². The van der Waals surface area contributed by atoms with E-state index in [0.29, 0.717) is 6.04 Å². The summed E-state index contributed by atoms with van der Waals surface area (Å²) < 4.78 is 13.8. The lowest BCUT2D eigenvalue weighted by atomic mass is 10.1. The first-order valence-corrected chi connectivity index (χ1v) is 10.1. The molecule has 4 aromatic rings. The van der Waals surface area contributed by atoms with Crippen LogP contribution in [0, 0.1) is 0 Å². The van der Waals surface area contributed by atoms with Crippen LogP contribution in [0.1, 0.15) is 6.04 Å². The Morgan fingerprint density at radius 2 is 2.03 bits per heavy atom. The van der Waals surface area contributed by atoms with E-state index in [-0.39, 0.29) is 0 Å². The van der Waals surface area contributed by atoms with Crippen LogP contribution in [0.5, 0.6) is 5.75 Å². The van der Waals surface area contributed by atoms with E-state index in [1.807, 2.05) is 47.4 Å². The molecule has 2 aromatic carbocycles. The average Bonchev–Trinajstić information content (AvgIpc) is 3.16. The van der Waals surface area contributed by atoms with E-state index in [2.05, 4.69) is 49.7 Å². The molecule has 0 bridgehead atoms. The predicted molar refractivity (Wildman–Crippen MR) is 117 cm³/mol. The van der Waals surface area contributed by atoms with Gasteiger partial charge in [0.25, 0.3) is 0 Å². The third kappa shape index (κ3) is 3.59. The highest BCUT2D eigenvalue weighted by Crippen LogP contribution is 2.33. The lowest BCUT2D eigenvalue weighted by Gasteiger charge is -2.25. The second kappa shape index (κ2) is 7.50. The van der Waals surface area contributed by atoms with Gasteiger partial charge in [0, 0.05) is 45.3 Å². The molecule has 7 heteroatoms. The van der Waals surface area contributed by atoms with Crippen LogP contribution in [-0.4, -0.2) is 35.1 Å². The van der Waals surface area contributed by atoms with Gasteiger partial charge in [-0.1, -0.05) is 15.9 Å². The minimum atomic E-state index is 0.327. The standard InChI is InChI=1S/C22H19BrN4O2/c1-28-19-7-14(15-10-25-27(11-15)18-12-29-13-18)6-17(9-19)26-22-4-5-24-21-3-2-16(23)8-20(21)22/h2-11,18H,12-13H2,1H3,(H,24,26). The Hall–Kier alpha value is -2.90. The summed E-state index contributed by atoms with van der Waals surface area (Å²) in [6.45, 7) is 1.44. The van der Waals surface area contributed by atoms with Crippen LogP contribution >= 0.6 is 15.9 Å². The fourth-order valence-corrected chi connectivity index (χ4v) is 3.76. The number of hydrogen-bond donors (Lipinski definition) is 1. The van der Waals surface area contributed by atoms with Crippen molar-refractivity contribution in [1.29, 1.82) is 0 Å². The second-order valence-electron chi connectivity index (χ2n) is 7.00. The van der Waals surface area contributed by atoms with Crippen LogP contribution in [0.3, 0.4) is 0 Å². The van der Waals surface area contributed by atoms with Gasteiger partial charge in [-0.2, -0.15) is 5.10 Å². The highest BCUT2D eigenvalue weighted by atomic mass is 79.9. The molecule has 0 saturated carbocycles. The number of benzene rings is 2. The van der Waals surface area contributed by atoms with E-state index >= 15 is 0 Å². The molecule has 1 aliphatic rings. The van der Waals surface area contributed by atoms with Crippen LogP contribution < -0.4 is 10.1 Å². The van der Waals surface area contributed by atoms with Crippen molar-refractivity contribution < 1.29 is 9.47 Å². The Labute approximate surface area is 176 Å². The molecule has 0 radical (unpaired) electrons. The van der Waals surface area contributed by atoms with Gasteiger partial charge in [0.1, 0.15) is 5.75 Å². The summed E-state index contributed by atoms with van der Waals surface area (Å²) in [7, 11) is 1.68. The molecule has 1 fully saturated rings. The molecule has 146 valence electrons. The quantitative estimate of drug-likeness (QED) is 0.453. The van der Waals surface area contributed by atoms with Gasteiger partial charge in [-0.25, -0.2) is 0 Å². The Morgan fingerprint density at radius 1 is 1.14 bits per heavy atom. The van der Waals surface area contributed by atoms with E-state index in [9.17, 15) is 0 Å². The summed E-state index contributed by atoms with van der Waals surface area (Å²) in [6, 6.07) is 14.5. The van der Waals surface area contributed by atoms with Crippen LogP contribution in [-0.2, 0) is 4.74 Å². The van der Waals surface area contributed by atoms with Gasteiger partial charge >= 0.3 is 0 Å². The van der Waals surface area contributed by atoms with Crippen molar-refractivity contribution in [3.63, 3.8) is 0 Å². The number of ether oxygens (including phenoxy) is 2.